The van der Waals surface area contributed by atoms with E-state index in [2.05, 4.69) is 37.3 Å². The summed E-state index contributed by atoms with van der Waals surface area (Å²) in [6, 6.07) is 15.9. The molecular formula is C23H23N5O2S2. The van der Waals surface area contributed by atoms with Gasteiger partial charge in [0.15, 0.2) is 10.8 Å². The van der Waals surface area contributed by atoms with Crippen molar-refractivity contribution in [3.8, 4) is 5.75 Å². The van der Waals surface area contributed by atoms with Crippen LogP contribution in [0.25, 0.3) is 10.3 Å². The van der Waals surface area contributed by atoms with Crippen LogP contribution < -0.4 is 15.0 Å². The van der Waals surface area contributed by atoms with Crippen molar-refractivity contribution in [2.24, 2.45) is 0 Å². The molecule has 1 amide bonds. The molecule has 0 unspecified atom stereocenters. The number of hydrogen-bond donors (Lipinski definition) is 1. The largest absolute Gasteiger partial charge is 0.495 e. The van der Waals surface area contributed by atoms with Crippen LogP contribution >= 0.6 is 23.1 Å². The molecule has 0 aliphatic rings. The molecule has 7 nitrogen and oxygen atoms in total. The van der Waals surface area contributed by atoms with E-state index in [9.17, 15) is 4.79 Å². The number of anilines is 2. The van der Waals surface area contributed by atoms with Crippen LogP contribution in [0.3, 0.4) is 0 Å². The zero-order valence-electron chi connectivity index (χ0n) is 18.0. The summed E-state index contributed by atoms with van der Waals surface area (Å²) in [4.78, 5) is 28.0. The Morgan fingerprint density at radius 2 is 2.00 bits per heavy atom. The number of nitrogens with one attached hydrogen (secondary N) is 1. The van der Waals surface area contributed by atoms with E-state index in [1.165, 1.54) is 35.0 Å². The van der Waals surface area contributed by atoms with Crippen molar-refractivity contribution in [1.29, 1.82) is 0 Å². The lowest BCUT2D eigenvalue weighted by atomic mass is 10.2. The lowest BCUT2D eigenvalue weighted by Gasteiger charge is -2.15. The minimum absolute atomic E-state index is 0.128. The molecule has 0 aliphatic heterocycles. The molecule has 32 heavy (non-hydrogen) atoms. The summed E-state index contributed by atoms with van der Waals surface area (Å²) in [7, 11) is 3.59. The van der Waals surface area contributed by atoms with E-state index < -0.39 is 0 Å². The number of aryl methyl sites for hydroxylation is 1. The number of hydrogen-bond acceptors (Lipinski definition) is 8. The van der Waals surface area contributed by atoms with Crippen molar-refractivity contribution in [1.82, 2.24) is 15.0 Å². The molecule has 0 fully saturated rings. The Bertz CT molecular complexity index is 1230. The highest BCUT2D eigenvalue weighted by atomic mass is 32.2. The molecule has 4 rings (SSSR count). The van der Waals surface area contributed by atoms with Crippen molar-refractivity contribution >= 4 is 50.2 Å². The van der Waals surface area contributed by atoms with Gasteiger partial charge in [0.1, 0.15) is 21.8 Å². The Labute approximate surface area is 194 Å². The molecule has 2 aromatic heterocycles. The topological polar surface area (TPSA) is 80.2 Å². The maximum Gasteiger partial charge on any atom is 0.234 e. The number of benzene rings is 2. The molecule has 0 bridgehead atoms. The minimum atomic E-state index is -0.128. The van der Waals surface area contributed by atoms with Crippen molar-refractivity contribution in [2.45, 2.75) is 18.5 Å². The molecule has 4 aromatic rings. The third-order valence-electron chi connectivity index (χ3n) is 4.71. The Morgan fingerprint density at radius 1 is 1.19 bits per heavy atom. The number of thiazole rings is 1. The number of ether oxygens (including phenoxy) is 1. The first-order chi connectivity index (χ1) is 15.5. The van der Waals surface area contributed by atoms with Gasteiger partial charge < -0.3 is 15.0 Å². The molecule has 1 N–H and O–H groups in total. The van der Waals surface area contributed by atoms with Gasteiger partial charge in [-0.2, -0.15) is 4.98 Å². The Hall–Kier alpha value is -3.17. The van der Waals surface area contributed by atoms with Crippen LogP contribution in [0.5, 0.6) is 5.75 Å². The number of aromatic nitrogens is 3. The lowest BCUT2D eigenvalue weighted by molar-refractivity contribution is -0.113. The summed E-state index contributed by atoms with van der Waals surface area (Å²) in [5, 5.41) is 4.53. The standard InChI is InChI=1S/C23H23N5O2S2/c1-15-9-10-18(30-3)17(11-15)26-19(29)13-31-22-20-21(24-14-25-22)27-23(32-20)28(2)12-16-7-5-4-6-8-16/h4-11,14H,12-13H2,1-3H3,(H,26,29). The first kappa shape index (κ1) is 22.0. The molecule has 9 heteroatoms. The quantitative estimate of drug-likeness (QED) is 0.296. The van der Waals surface area contributed by atoms with E-state index >= 15 is 0 Å². The number of fused-ring (bicyclic) bond motifs is 1. The second-order valence-corrected chi connectivity index (χ2v) is 9.15. The van der Waals surface area contributed by atoms with Crippen LogP contribution in [0, 0.1) is 6.92 Å². The number of carbonyl (C=O) groups excluding carboxylic acids is 1. The van der Waals surface area contributed by atoms with Crippen LogP contribution in [0.2, 0.25) is 0 Å². The molecule has 0 saturated heterocycles. The summed E-state index contributed by atoms with van der Waals surface area (Å²) in [5.41, 5.74) is 3.55. The van der Waals surface area contributed by atoms with E-state index in [4.69, 9.17) is 4.74 Å². The fourth-order valence-corrected chi connectivity index (χ4v) is 5.00. The van der Waals surface area contributed by atoms with Gasteiger partial charge in [0.05, 0.1) is 18.6 Å². The van der Waals surface area contributed by atoms with E-state index in [1.807, 2.05) is 50.4 Å². The third-order valence-corrected chi connectivity index (χ3v) is 6.99. The number of nitrogens with zero attached hydrogens (tertiary/aromatic N) is 4. The molecule has 0 radical (unpaired) electrons. The van der Waals surface area contributed by atoms with E-state index in [0.717, 1.165) is 27.0 Å². The third kappa shape index (κ3) is 5.17. The summed E-state index contributed by atoms with van der Waals surface area (Å²) in [5.74, 6) is 0.722. The second kappa shape index (κ2) is 9.97. The average molecular weight is 466 g/mol. The zero-order valence-corrected chi connectivity index (χ0v) is 19.7. The Morgan fingerprint density at radius 3 is 2.78 bits per heavy atom. The normalized spacial score (nSPS) is 10.8. The predicted molar refractivity (Wildman–Crippen MR) is 131 cm³/mol. The van der Waals surface area contributed by atoms with E-state index in [0.29, 0.717) is 17.1 Å². The number of amides is 1. The maximum absolute atomic E-state index is 12.6. The number of carbonyl (C=O) groups is 1. The first-order valence-corrected chi connectivity index (χ1v) is 11.8. The van der Waals surface area contributed by atoms with Crippen molar-refractivity contribution in [3.63, 3.8) is 0 Å². The highest BCUT2D eigenvalue weighted by Crippen LogP contribution is 2.34. The fourth-order valence-electron chi connectivity index (χ4n) is 3.15. The molecule has 0 aliphatic carbocycles. The number of methoxy groups -OCH3 is 1. The van der Waals surface area contributed by atoms with E-state index in [1.54, 1.807) is 7.11 Å². The first-order valence-electron chi connectivity index (χ1n) is 9.97. The molecule has 164 valence electrons. The van der Waals surface area contributed by atoms with Crippen LogP contribution in [0.4, 0.5) is 10.8 Å². The van der Waals surface area contributed by atoms with Crippen molar-refractivity contribution in [3.05, 3.63) is 66.0 Å². The van der Waals surface area contributed by atoms with Gasteiger partial charge >= 0.3 is 0 Å². The van der Waals surface area contributed by atoms with E-state index in [-0.39, 0.29) is 11.7 Å². The van der Waals surface area contributed by atoms with Crippen LogP contribution in [-0.4, -0.2) is 40.8 Å². The van der Waals surface area contributed by atoms with Gasteiger partial charge in [0, 0.05) is 13.6 Å². The summed E-state index contributed by atoms with van der Waals surface area (Å²) >= 11 is 2.90. The minimum Gasteiger partial charge on any atom is -0.495 e. The predicted octanol–water partition coefficient (Wildman–Crippen LogP) is 4.77. The number of rotatable bonds is 8. The zero-order chi connectivity index (χ0) is 22.5. The summed E-state index contributed by atoms with van der Waals surface area (Å²) in [6.45, 7) is 2.72. The summed E-state index contributed by atoms with van der Waals surface area (Å²) in [6.07, 6.45) is 1.49. The number of thioether (sulfide) groups is 1. The SMILES string of the molecule is COc1ccc(C)cc1NC(=O)CSc1ncnc2nc(N(C)Cc3ccccc3)sc12. The molecule has 2 aromatic carbocycles. The second-order valence-electron chi connectivity index (χ2n) is 7.21. The van der Waals surface area contributed by atoms with Gasteiger partial charge in [-0.25, -0.2) is 9.97 Å². The van der Waals surface area contributed by atoms with Crippen LogP contribution in [0.1, 0.15) is 11.1 Å². The lowest BCUT2D eigenvalue weighted by Crippen LogP contribution is -2.15. The van der Waals surface area contributed by atoms with Crippen LogP contribution in [-0.2, 0) is 11.3 Å². The van der Waals surface area contributed by atoms with Crippen molar-refractivity contribution in [2.75, 3.05) is 30.1 Å². The highest BCUT2D eigenvalue weighted by molar-refractivity contribution is 8.00. The molecule has 2 heterocycles. The van der Waals surface area contributed by atoms with Gasteiger partial charge in [-0.3, -0.25) is 4.79 Å². The van der Waals surface area contributed by atoms with Gasteiger partial charge in [-0.05, 0) is 30.2 Å². The van der Waals surface area contributed by atoms with Gasteiger partial charge in [-0.1, -0.05) is 59.5 Å². The van der Waals surface area contributed by atoms with Crippen LogP contribution in [0.15, 0.2) is 59.9 Å². The van der Waals surface area contributed by atoms with Gasteiger partial charge in [-0.15, -0.1) is 0 Å². The fraction of sp³-hybridized carbons (Fsp3) is 0.217. The monoisotopic (exact) mass is 465 g/mol. The highest BCUT2D eigenvalue weighted by Gasteiger charge is 2.16. The summed E-state index contributed by atoms with van der Waals surface area (Å²) < 4.78 is 6.22. The van der Waals surface area contributed by atoms with Gasteiger partial charge in [0.2, 0.25) is 5.91 Å². The molecular weight excluding hydrogens is 442 g/mol. The van der Waals surface area contributed by atoms with Crippen molar-refractivity contribution < 1.29 is 9.53 Å². The van der Waals surface area contributed by atoms with Gasteiger partial charge in [0.25, 0.3) is 0 Å². The molecule has 0 atom stereocenters. The molecule has 0 spiro atoms. The smallest absolute Gasteiger partial charge is 0.234 e. The maximum atomic E-state index is 12.6. The average Bonchev–Trinajstić information content (AvgIpc) is 3.24. The Balaban J connectivity index is 1.45. The molecule has 0 saturated carbocycles. The Kier molecular flexibility index (Phi) is 6.87.